The van der Waals surface area contributed by atoms with E-state index < -0.39 is 0 Å². The molecule has 5 nitrogen and oxygen atoms in total. The van der Waals surface area contributed by atoms with Gasteiger partial charge < -0.3 is 16.0 Å². The topological polar surface area (TPSA) is 75.4 Å². The van der Waals surface area contributed by atoms with Gasteiger partial charge in [-0.15, -0.1) is 12.4 Å². The number of hydrogen-bond acceptors (Lipinski definition) is 3. The fourth-order valence-corrected chi connectivity index (χ4v) is 2.60. The van der Waals surface area contributed by atoms with Crippen molar-refractivity contribution in [3.63, 3.8) is 0 Å². The highest BCUT2D eigenvalue weighted by Crippen LogP contribution is 2.27. The van der Waals surface area contributed by atoms with Crippen molar-refractivity contribution < 1.29 is 9.59 Å². The molecule has 0 aromatic heterocycles. The lowest BCUT2D eigenvalue weighted by Crippen LogP contribution is -2.31. The monoisotopic (exact) mass is 391 g/mol. The summed E-state index contributed by atoms with van der Waals surface area (Å²) in [7, 11) is 0. The lowest BCUT2D eigenvalue weighted by Gasteiger charge is -2.18. The average molecular weight is 393 g/mol. The maximum Gasteiger partial charge on any atom is 0.224 e. The van der Waals surface area contributed by atoms with Crippen LogP contribution in [0.25, 0.3) is 0 Å². The molecule has 0 aliphatic heterocycles. The number of amides is 2. The molecule has 0 aliphatic rings. The average Bonchev–Trinajstić information content (AvgIpc) is 2.43. The number of carbonyl (C=O) groups is 2. The molecule has 0 unspecified atom stereocenters. The van der Waals surface area contributed by atoms with Crippen molar-refractivity contribution in [3.8, 4) is 0 Å². The number of benzene rings is 1. The molecule has 3 N–H and O–H groups in total. The summed E-state index contributed by atoms with van der Waals surface area (Å²) in [5.74, 6) is -0.215. The molecule has 0 bridgehead atoms. The third-order valence-corrected chi connectivity index (χ3v) is 3.77. The van der Waals surface area contributed by atoms with Crippen LogP contribution in [0.4, 0.5) is 11.4 Å². The normalized spacial score (nSPS) is 9.82. The quantitative estimate of drug-likeness (QED) is 0.729. The summed E-state index contributed by atoms with van der Waals surface area (Å²) in [5, 5.41) is 2.76. The van der Waals surface area contributed by atoms with Crippen molar-refractivity contribution >= 4 is 51.5 Å². The van der Waals surface area contributed by atoms with Crippen molar-refractivity contribution in [2.45, 2.75) is 33.6 Å². The van der Waals surface area contributed by atoms with E-state index in [4.69, 9.17) is 5.73 Å². The Labute approximate surface area is 146 Å². The van der Waals surface area contributed by atoms with Gasteiger partial charge in [0, 0.05) is 30.4 Å². The number of rotatable bonds is 6. The first kappa shape index (κ1) is 20.7. The van der Waals surface area contributed by atoms with Crippen molar-refractivity contribution in [2.75, 3.05) is 24.1 Å². The smallest absolute Gasteiger partial charge is 0.224 e. The Morgan fingerprint density at radius 2 is 1.82 bits per heavy atom. The van der Waals surface area contributed by atoms with Gasteiger partial charge in [0.2, 0.25) is 11.8 Å². The van der Waals surface area contributed by atoms with E-state index in [0.29, 0.717) is 24.5 Å². The summed E-state index contributed by atoms with van der Waals surface area (Å²) in [5.41, 5.74) is 7.94. The third-order valence-electron chi connectivity index (χ3n) is 3.31. The summed E-state index contributed by atoms with van der Waals surface area (Å²) < 4.78 is 0.851. The lowest BCUT2D eigenvalue weighted by molar-refractivity contribution is -0.132. The van der Waals surface area contributed by atoms with Crippen LogP contribution in [-0.2, 0) is 9.59 Å². The van der Waals surface area contributed by atoms with Gasteiger partial charge in [-0.2, -0.15) is 0 Å². The summed E-state index contributed by atoms with van der Waals surface area (Å²) in [4.78, 5) is 25.5. The van der Waals surface area contributed by atoms with E-state index in [0.717, 1.165) is 10.0 Å². The lowest BCUT2D eigenvalue weighted by atomic mass is 10.1. The molecule has 0 saturated heterocycles. The Kier molecular flexibility index (Phi) is 9.13. The van der Waals surface area contributed by atoms with Gasteiger partial charge in [0.15, 0.2) is 0 Å². The molecule has 0 aliphatic carbocycles. The van der Waals surface area contributed by atoms with Gasteiger partial charge in [-0.05, 0) is 38.5 Å². The minimum Gasteiger partial charge on any atom is -0.397 e. The van der Waals surface area contributed by atoms with E-state index in [1.54, 1.807) is 11.0 Å². The number of nitrogens with one attached hydrogen (secondary N) is 1. The van der Waals surface area contributed by atoms with E-state index >= 15 is 0 Å². The van der Waals surface area contributed by atoms with Crippen LogP contribution in [0, 0.1) is 6.92 Å². The molecule has 2 amide bonds. The van der Waals surface area contributed by atoms with Crippen LogP contribution in [0.15, 0.2) is 16.6 Å². The second kappa shape index (κ2) is 9.69. The first-order valence-corrected chi connectivity index (χ1v) is 7.81. The summed E-state index contributed by atoms with van der Waals surface area (Å²) in [6.07, 6.45) is 0.362. The number of nitrogens with zero attached hydrogens (tertiary/aromatic N) is 1. The van der Waals surface area contributed by atoms with Crippen LogP contribution in [0.1, 0.15) is 32.3 Å². The molecule has 1 rings (SSSR count). The summed E-state index contributed by atoms with van der Waals surface area (Å²) >= 11 is 3.37. The van der Waals surface area contributed by atoms with Crippen molar-refractivity contribution in [1.29, 1.82) is 0 Å². The highest BCUT2D eigenvalue weighted by Gasteiger charge is 2.13. The maximum atomic E-state index is 11.9. The molecule has 0 saturated carbocycles. The van der Waals surface area contributed by atoms with Gasteiger partial charge in [0.1, 0.15) is 0 Å². The second-order valence-electron chi connectivity index (χ2n) is 4.80. The molecular formula is C15H23BrClN3O2. The van der Waals surface area contributed by atoms with Crippen molar-refractivity contribution in [2.24, 2.45) is 0 Å². The van der Waals surface area contributed by atoms with Crippen LogP contribution in [0.3, 0.4) is 0 Å². The molecule has 0 heterocycles. The van der Waals surface area contributed by atoms with Crippen molar-refractivity contribution in [3.05, 3.63) is 22.2 Å². The van der Waals surface area contributed by atoms with E-state index in [2.05, 4.69) is 21.2 Å². The SMILES string of the molecule is CCN(CC)C(=O)CCC(=O)Nc1cc(Br)cc(C)c1N.Cl. The largest absolute Gasteiger partial charge is 0.397 e. The molecule has 0 fully saturated rings. The van der Waals surface area contributed by atoms with Crippen LogP contribution in [0.2, 0.25) is 0 Å². The Balaban J connectivity index is 0.00000441. The number of nitrogens with two attached hydrogens (primary N) is 1. The number of carbonyl (C=O) groups excluding carboxylic acids is 2. The number of anilines is 2. The van der Waals surface area contributed by atoms with Crippen LogP contribution < -0.4 is 11.1 Å². The number of nitrogen functional groups attached to an aromatic ring is 1. The highest BCUT2D eigenvalue weighted by atomic mass is 79.9. The predicted octanol–water partition coefficient (Wildman–Crippen LogP) is 3.35. The van der Waals surface area contributed by atoms with E-state index in [9.17, 15) is 9.59 Å². The molecule has 1 aromatic rings. The Hall–Kier alpha value is -1.27. The predicted molar refractivity (Wildman–Crippen MR) is 96.3 cm³/mol. The van der Waals surface area contributed by atoms with Crippen LogP contribution >= 0.6 is 28.3 Å². The zero-order valence-corrected chi connectivity index (χ0v) is 15.5. The standard InChI is InChI=1S/C15H22BrN3O2.ClH/c1-4-19(5-2)14(21)7-6-13(20)18-12-9-11(16)8-10(3)15(12)17;/h8-9H,4-7,17H2,1-3H3,(H,18,20);1H. The zero-order chi connectivity index (χ0) is 16.0. The minimum atomic E-state index is -0.209. The van der Waals surface area contributed by atoms with Gasteiger partial charge in [-0.3, -0.25) is 9.59 Å². The highest BCUT2D eigenvalue weighted by molar-refractivity contribution is 9.10. The fraction of sp³-hybridized carbons (Fsp3) is 0.467. The fourth-order valence-electron chi connectivity index (χ4n) is 2.03. The molecule has 0 spiro atoms. The van der Waals surface area contributed by atoms with E-state index in [1.807, 2.05) is 26.8 Å². The molecular weight excluding hydrogens is 370 g/mol. The number of hydrogen-bond donors (Lipinski definition) is 2. The van der Waals surface area contributed by atoms with Crippen LogP contribution in [0.5, 0.6) is 0 Å². The first-order valence-electron chi connectivity index (χ1n) is 7.02. The van der Waals surface area contributed by atoms with Gasteiger partial charge in [-0.25, -0.2) is 0 Å². The van der Waals surface area contributed by atoms with E-state index in [-0.39, 0.29) is 37.1 Å². The van der Waals surface area contributed by atoms with Crippen LogP contribution in [-0.4, -0.2) is 29.8 Å². The van der Waals surface area contributed by atoms with E-state index in [1.165, 1.54) is 0 Å². The summed E-state index contributed by atoms with van der Waals surface area (Å²) in [6, 6.07) is 3.64. The molecule has 124 valence electrons. The Morgan fingerprint density at radius 3 is 2.36 bits per heavy atom. The summed E-state index contributed by atoms with van der Waals surface area (Å²) in [6.45, 7) is 7.04. The Morgan fingerprint density at radius 1 is 1.23 bits per heavy atom. The minimum absolute atomic E-state index is 0. The van der Waals surface area contributed by atoms with Gasteiger partial charge in [0.05, 0.1) is 11.4 Å². The van der Waals surface area contributed by atoms with Gasteiger partial charge >= 0.3 is 0 Å². The molecule has 0 atom stereocenters. The molecule has 0 radical (unpaired) electrons. The number of aryl methyl sites for hydroxylation is 1. The Bertz CT molecular complexity index is 534. The zero-order valence-electron chi connectivity index (χ0n) is 13.1. The molecule has 7 heteroatoms. The van der Waals surface area contributed by atoms with Gasteiger partial charge in [0.25, 0.3) is 0 Å². The van der Waals surface area contributed by atoms with Gasteiger partial charge in [-0.1, -0.05) is 15.9 Å². The van der Waals surface area contributed by atoms with Crippen molar-refractivity contribution in [1.82, 2.24) is 4.90 Å². The second-order valence-corrected chi connectivity index (χ2v) is 5.71. The molecule has 1 aromatic carbocycles. The maximum absolute atomic E-state index is 11.9. The molecule has 22 heavy (non-hydrogen) atoms. The third kappa shape index (κ3) is 5.85. The number of halogens is 2. The first-order chi connectivity index (χ1) is 9.88.